The number of alkyl halides is 1. The van der Waals surface area contributed by atoms with Crippen molar-refractivity contribution >= 4 is 15.9 Å². The van der Waals surface area contributed by atoms with Gasteiger partial charge in [0, 0.05) is 5.92 Å². The van der Waals surface area contributed by atoms with Crippen LogP contribution in [0.5, 0.6) is 0 Å². The maximum Gasteiger partial charge on any atom is 0.150 e. The minimum atomic E-state index is -0.993. The van der Waals surface area contributed by atoms with Gasteiger partial charge in [0.15, 0.2) is 4.51 Å². The van der Waals surface area contributed by atoms with Crippen molar-refractivity contribution in [1.82, 2.24) is 0 Å². The Bertz CT molecular complexity index is 237. The molecule has 0 aliphatic heterocycles. The number of hydrogen-bond acceptors (Lipinski definition) is 2. The van der Waals surface area contributed by atoms with Gasteiger partial charge in [0.05, 0.1) is 0 Å². The minimum Gasteiger partial charge on any atom is -0.386 e. The highest BCUT2D eigenvalue weighted by Crippen LogP contribution is 2.62. The molecule has 3 heteroatoms. The molecule has 3 atom stereocenters. The van der Waals surface area contributed by atoms with Crippen LogP contribution in [0.1, 0.15) is 32.1 Å². The van der Waals surface area contributed by atoms with E-state index in [0.29, 0.717) is 11.8 Å². The number of aliphatic hydroxyl groups is 2. The fraction of sp³-hybridized carbons (Fsp3) is 1.00. The summed E-state index contributed by atoms with van der Waals surface area (Å²) in [5.41, 5.74) is -0.832. The van der Waals surface area contributed by atoms with E-state index in [4.69, 9.17) is 0 Å². The van der Waals surface area contributed by atoms with Crippen molar-refractivity contribution in [3.63, 3.8) is 0 Å². The summed E-state index contributed by atoms with van der Waals surface area (Å²) in [5, 5.41) is 20.6. The summed E-state index contributed by atoms with van der Waals surface area (Å²) in [6.45, 7) is 0. The molecule has 4 bridgehead atoms. The second-order valence-electron chi connectivity index (χ2n) is 5.25. The summed E-state index contributed by atoms with van der Waals surface area (Å²) in [6.07, 6.45) is 5.06. The average Bonchev–Trinajstić information content (AvgIpc) is 1.99. The lowest BCUT2D eigenvalue weighted by atomic mass is 9.53. The van der Waals surface area contributed by atoms with Gasteiger partial charge in [-0.3, -0.25) is 0 Å². The molecule has 0 aromatic heterocycles. The zero-order chi connectivity index (χ0) is 9.27. The molecule has 2 nitrogen and oxygen atoms in total. The number of hydrogen-bond donors (Lipinski definition) is 2. The van der Waals surface area contributed by atoms with Crippen molar-refractivity contribution in [3.8, 4) is 0 Å². The Labute approximate surface area is 86.5 Å². The van der Waals surface area contributed by atoms with Gasteiger partial charge in [-0.2, -0.15) is 0 Å². The zero-order valence-corrected chi connectivity index (χ0v) is 9.13. The van der Waals surface area contributed by atoms with E-state index in [9.17, 15) is 10.2 Å². The molecular weight excluding hydrogens is 232 g/mol. The van der Waals surface area contributed by atoms with Gasteiger partial charge in [-0.25, -0.2) is 0 Å². The van der Waals surface area contributed by atoms with Gasteiger partial charge in [0.2, 0.25) is 0 Å². The van der Waals surface area contributed by atoms with E-state index >= 15 is 0 Å². The van der Waals surface area contributed by atoms with Crippen LogP contribution in [0.3, 0.4) is 0 Å². The SMILES string of the molecule is OC12CC3CC(CC(C3)C1(O)Br)C2. The lowest BCUT2D eigenvalue weighted by molar-refractivity contribution is -0.218. The molecule has 4 aliphatic rings. The largest absolute Gasteiger partial charge is 0.386 e. The van der Waals surface area contributed by atoms with Crippen LogP contribution in [-0.4, -0.2) is 20.3 Å². The summed E-state index contributed by atoms with van der Waals surface area (Å²) in [6, 6.07) is 0. The summed E-state index contributed by atoms with van der Waals surface area (Å²) < 4.78 is -0.993. The molecule has 0 heterocycles. The summed E-state index contributed by atoms with van der Waals surface area (Å²) in [5.74, 6) is 1.62. The minimum absolute atomic E-state index is 0.281. The van der Waals surface area contributed by atoms with Gasteiger partial charge in [-0.1, -0.05) is 15.9 Å². The van der Waals surface area contributed by atoms with Crippen LogP contribution in [0.25, 0.3) is 0 Å². The third kappa shape index (κ3) is 0.959. The molecule has 0 radical (unpaired) electrons. The van der Waals surface area contributed by atoms with Crippen molar-refractivity contribution < 1.29 is 10.2 Å². The Kier molecular flexibility index (Phi) is 1.55. The monoisotopic (exact) mass is 246 g/mol. The molecule has 74 valence electrons. The van der Waals surface area contributed by atoms with E-state index < -0.39 is 10.1 Å². The average molecular weight is 247 g/mol. The molecular formula is C10H15BrO2. The van der Waals surface area contributed by atoms with Crippen LogP contribution >= 0.6 is 15.9 Å². The molecule has 0 saturated heterocycles. The highest BCUT2D eigenvalue weighted by Gasteiger charge is 2.63. The van der Waals surface area contributed by atoms with Crippen LogP contribution in [0.15, 0.2) is 0 Å². The topological polar surface area (TPSA) is 40.5 Å². The smallest absolute Gasteiger partial charge is 0.150 e. The molecule has 4 aliphatic carbocycles. The first kappa shape index (κ1) is 8.69. The van der Waals surface area contributed by atoms with Crippen LogP contribution in [0, 0.1) is 17.8 Å². The first-order valence-electron chi connectivity index (χ1n) is 5.15. The van der Waals surface area contributed by atoms with Crippen molar-refractivity contribution in [2.75, 3.05) is 0 Å². The molecule has 3 unspecified atom stereocenters. The Morgan fingerprint density at radius 2 is 1.54 bits per heavy atom. The van der Waals surface area contributed by atoms with Gasteiger partial charge in [-0.05, 0) is 43.9 Å². The Balaban J connectivity index is 2.03. The zero-order valence-electron chi connectivity index (χ0n) is 7.54. The predicted octanol–water partition coefficient (Wildman–Crippen LogP) is 1.64. The molecule has 0 aromatic rings. The van der Waals surface area contributed by atoms with E-state index in [2.05, 4.69) is 15.9 Å². The molecule has 4 rings (SSSR count). The van der Waals surface area contributed by atoms with E-state index in [1.807, 2.05) is 0 Å². The maximum atomic E-state index is 10.3. The van der Waals surface area contributed by atoms with Crippen molar-refractivity contribution in [3.05, 3.63) is 0 Å². The summed E-state index contributed by atoms with van der Waals surface area (Å²) >= 11 is 3.35. The summed E-state index contributed by atoms with van der Waals surface area (Å²) in [4.78, 5) is 0. The number of rotatable bonds is 0. The standard InChI is InChI=1S/C10H15BrO2/c11-10(13)8-2-6-1-7(3-8)5-9(10,12)4-6/h6-8,12-13H,1-5H2. The van der Waals surface area contributed by atoms with Gasteiger partial charge < -0.3 is 10.2 Å². The number of halogens is 1. The van der Waals surface area contributed by atoms with Crippen LogP contribution in [-0.2, 0) is 0 Å². The van der Waals surface area contributed by atoms with Gasteiger partial charge in [-0.15, -0.1) is 0 Å². The van der Waals surface area contributed by atoms with Gasteiger partial charge >= 0.3 is 0 Å². The third-order valence-corrected chi connectivity index (χ3v) is 5.73. The Hall–Kier alpha value is 0.400. The summed E-state index contributed by atoms with van der Waals surface area (Å²) in [7, 11) is 0. The molecule has 0 spiro atoms. The lowest BCUT2D eigenvalue weighted by Crippen LogP contribution is -2.65. The quantitative estimate of drug-likeness (QED) is 0.639. The second kappa shape index (κ2) is 2.31. The molecule has 2 N–H and O–H groups in total. The first-order chi connectivity index (χ1) is 6.01. The highest BCUT2D eigenvalue weighted by molar-refractivity contribution is 9.10. The molecule has 0 amide bonds. The van der Waals surface area contributed by atoms with E-state index in [-0.39, 0.29) is 5.92 Å². The van der Waals surface area contributed by atoms with Crippen molar-refractivity contribution in [2.45, 2.75) is 42.2 Å². The predicted molar refractivity (Wildman–Crippen MR) is 52.4 cm³/mol. The molecule has 4 fully saturated rings. The Morgan fingerprint density at radius 3 is 2.00 bits per heavy atom. The molecule has 0 aromatic carbocycles. The van der Waals surface area contributed by atoms with Crippen LogP contribution in [0.2, 0.25) is 0 Å². The second-order valence-corrected chi connectivity index (χ2v) is 6.46. The fourth-order valence-corrected chi connectivity index (χ4v) is 4.61. The van der Waals surface area contributed by atoms with Crippen molar-refractivity contribution in [1.29, 1.82) is 0 Å². The Morgan fingerprint density at radius 1 is 1.00 bits per heavy atom. The third-order valence-electron chi connectivity index (χ3n) is 4.35. The lowest BCUT2D eigenvalue weighted by Gasteiger charge is -2.60. The molecule has 13 heavy (non-hydrogen) atoms. The maximum absolute atomic E-state index is 10.3. The van der Waals surface area contributed by atoms with Gasteiger partial charge in [0.25, 0.3) is 0 Å². The van der Waals surface area contributed by atoms with E-state index in [1.165, 1.54) is 6.42 Å². The molecule has 4 saturated carbocycles. The van der Waals surface area contributed by atoms with Gasteiger partial charge in [0.1, 0.15) is 5.60 Å². The highest BCUT2D eigenvalue weighted by atomic mass is 79.9. The van der Waals surface area contributed by atoms with Crippen LogP contribution < -0.4 is 0 Å². The normalized spacial score (nSPS) is 64.4. The van der Waals surface area contributed by atoms with Crippen LogP contribution in [0.4, 0.5) is 0 Å². The van der Waals surface area contributed by atoms with Crippen molar-refractivity contribution in [2.24, 2.45) is 17.8 Å². The first-order valence-corrected chi connectivity index (χ1v) is 5.94. The van der Waals surface area contributed by atoms with E-state index in [1.54, 1.807) is 0 Å². The fourth-order valence-electron chi connectivity index (χ4n) is 3.92. The van der Waals surface area contributed by atoms with E-state index in [0.717, 1.165) is 25.7 Å².